The van der Waals surface area contributed by atoms with Gasteiger partial charge in [-0.2, -0.15) is 5.10 Å². The summed E-state index contributed by atoms with van der Waals surface area (Å²) >= 11 is 12.1. The molecule has 0 N–H and O–H groups in total. The van der Waals surface area contributed by atoms with Crippen LogP contribution in [0, 0.1) is 0 Å². The minimum Gasteiger partial charge on any atom is -0.308 e. The Kier molecular flexibility index (Phi) is 5.59. The highest BCUT2D eigenvalue weighted by Gasteiger charge is 2.14. The lowest BCUT2D eigenvalue weighted by molar-refractivity contribution is 0.372. The Morgan fingerprint density at radius 1 is 1.38 bits per heavy atom. The molecule has 0 saturated heterocycles. The smallest absolute Gasteiger partial charge is 0.131 e. The van der Waals surface area contributed by atoms with Crippen molar-refractivity contribution in [2.45, 2.75) is 32.2 Å². The van der Waals surface area contributed by atoms with E-state index >= 15 is 0 Å². The summed E-state index contributed by atoms with van der Waals surface area (Å²) in [7, 11) is 4.07. The zero-order valence-corrected chi connectivity index (χ0v) is 11.6. The van der Waals surface area contributed by atoms with Gasteiger partial charge in [-0.05, 0) is 20.5 Å². The topological polar surface area (TPSA) is 21.1 Å². The number of alkyl halides is 1. The Morgan fingerprint density at radius 2 is 2.06 bits per heavy atom. The summed E-state index contributed by atoms with van der Waals surface area (Å²) in [6, 6.07) is 0. The largest absolute Gasteiger partial charge is 0.308 e. The van der Waals surface area contributed by atoms with E-state index in [9.17, 15) is 0 Å². The van der Waals surface area contributed by atoms with Gasteiger partial charge in [0.15, 0.2) is 0 Å². The van der Waals surface area contributed by atoms with Gasteiger partial charge in [0.1, 0.15) is 5.15 Å². The molecule has 3 nitrogen and oxygen atoms in total. The van der Waals surface area contributed by atoms with Crippen LogP contribution in [0.1, 0.15) is 24.6 Å². The van der Waals surface area contributed by atoms with E-state index in [2.05, 4.69) is 16.9 Å². The molecule has 1 heterocycles. The standard InChI is InChI=1S/C11H19Cl2N3/c1-4-5-10-9(8-12)11(13)16(14-10)7-6-15(2)3/h4-8H2,1-3H3. The van der Waals surface area contributed by atoms with Crippen LogP contribution in [0.25, 0.3) is 0 Å². The maximum atomic E-state index is 6.25. The molecule has 0 bridgehead atoms. The van der Waals surface area contributed by atoms with Crippen molar-refractivity contribution in [3.63, 3.8) is 0 Å². The predicted octanol–water partition coefficient (Wildman–Crippen LogP) is 2.79. The van der Waals surface area contributed by atoms with Crippen LogP contribution in [0.4, 0.5) is 0 Å². The predicted molar refractivity (Wildman–Crippen MR) is 69.3 cm³/mol. The van der Waals surface area contributed by atoms with E-state index in [-0.39, 0.29) is 0 Å². The first-order valence-electron chi connectivity index (χ1n) is 5.54. The SMILES string of the molecule is CCCc1nn(CCN(C)C)c(Cl)c1CCl. The first kappa shape index (κ1) is 13.8. The zero-order valence-electron chi connectivity index (χ0n) is 10.1. The molecule has 0 radical (unpaired) electrons. The maximum Gasteiger partial charge on any atom is 0.131 e. The molecule has 1 rings (SSSR count). The molecule has 0 amide bonds. The normalized spacial score (nSPS) is 11.4. The monoisotopic (exact) mass is 263 g/mol. The van der Waals surface area contributed by atoms with E-state index in [0.717, 1.165) is 37.2 Å². The van der Waals surface area contributed by atoms with Crippen LogP contribution >= 0.6 is 23.2 Å². The fourth-order valence-electron chi connectivity index (χ4n) is 1.54. The van der Waals surface area contributed by atoms with Crippen molar-refractivity contribution in [1.82, 2.24) is 14.7 Å². The van der Waals surface area contributed by atoms with Crippen molar-refractivity contribution in [3.8, 4) is 0 Å². The highest BCUT2D eigenvalue weighted by molar-refractivity contribution is 6.31. The van der Waals surface area contributed by atoms with Gasteiger partial charge in [-0.25, -0.2) is 0 Å². The van der Waals surface area contributed by atoms with Gasteiger partial charge < -0.3 is 4.90 Å². The third-order valence-electron chi connectivity index (χ3n) is 2.44. The van der Waals surface area contributed by atoms with E-state index in [4.69, 9.17) is 23.2 Å². The van der Waals surface area contributed by atoms with Crippen LogP contribution in [0.3, 0.4) is 0 Å². The molecule has 5 heteroatoms. The molecule has 0 fully saturated rings. The van der Waals surface area contributed by atoms with Crippen LogP contribution in [0.2, 0.25) is 5.15 Å². The van der Waals surface area contributed by atoms with Crippen molar-refractivity contribution < 1.29 is 0 Å². The van der Waals surface area contributed by atoms with Crippen LogP contribution in [-0.4, -0.2) is 35.3 Å². The number of hydrogen-bond acceptors (Lipinski definition) is 2. The second-order valence-corrected chi connectivity index (χ2v) is 4.75. The summed E-state index contributed by atoms with van der Waals surface area (Å²) in [5.41, 5.74) is 2.03. The lowest BCUT2D eigenvalue weighted by atomic mass is 10.2. The molecule has 0 aliphatic heterocycles. The van der Waals surface area contributed by atoms with E-state index in [1.165, 1.54) is 0 Å². The molecule has 0 aliphatic carbocycles. The van der Waals surface area contributed by atoms with Gasteiger partial charge in [-0.15, -0.1) is 11.6 Å². The fourth-order valence-corrected chi connectivity index (χ4v) is 2.19. The van der Waals surface area contributed by atoms with Crippen LogP contribution < -0.4 is 0 Å². The fraction of sp³-hybridized carbons (Fsp3) is 0.727. The van der Waals surface area contributed by atoms with Crippen molar-refractivity contribution in [3.05, 3.63) is 16.4 Å². The Hall–Kier alpha value is -0.250. The summed E-state index contributed by atoms with van der Waals surface area (Å²) < 4.78 is 1.85. The van der Waals surface area contributed by atoms with Crippen LogP contribution in [0.5, 0.6) is 0 Å². The molecule has 1 aromatic heterocycles. The van der Waals surface area contributed by atoms with E-state index in [1.807, 2.05) is 18.8 Å². The average Bonchev–Trinajstić information content (AvgIpc) is 2.52. The van der Waals surface area contributed by atoms with Crippen LogP contribution in [-0.2, 0) is 18.8 Å². The first-order chi connectivity index (χ1) is 7.60. The molecule has 0 saturated carbocycles. The van der Waals surface area contributed by atoms with Crippen molar-refractivity contribution in [1.29, 1.82) is 0 Å². The molecule has 0 aromatic carbocycles. The van der Waals surface area contributed by atoms with E-state index in [0.29, 0.717) is 11.0 Å². The van der Waals surface area contributed by atoms with Crippen molar-refractivity contribution in [2.24, 2.45) is 0 Å². The van der Waals surface area contributed by atoms with Gasteiger partial charge in [0.2, 0.25) is 0 Å². The van der Waals surface area contributed by atoms with Gasteiger partial charge in [0, 0.05) is 12.1 Å². The van der Waals surface area contributed by atoms with Gasteiger partial charge >= 0.3 is 0 Å². The first-order valence-corrected chi connectivity index (χ1v) is 6.46. The number of aryl methyl sites for hydroxylation is 1. The molecule has 92 valence electrons. The van der Waals surface area contributed by atoms with Gasteiger partial charge in [0.05, 0.1) is 18.1 Å². The summed E-state index contributed by atoms with van der Waals surface area (Å²) in [6.07, 6.45) is 2.00. The minimum atomic E-state index is 0.441. The number of halogens is 2. The molecular weight excluding hydrogens is 245 g/mol. The highest BCUT2D eigenvalue weighted by Crippen LogP contribution is 2.23. The Bertz CT molecular complexity index is 334. The lowest BCUT2D eigenvalue weighted by Crippen LogP contribution is -2.19. The lowest BCUT2D eigenvalue weighted by Gasteiger charge is -2.09. The summed E-state index contributed by atoms with van der Waals surface area (Å²) in [4.78, 5) is 2.11. The molecule has 0 spiro atoms. The highest BCUT2D eigenvalue weighted by atomic mass is 35.5. The molecule has 1 aromatic rings. The molecule has 0 aliphatic rings. The third-order valence-corrected chi connectivity index (χ3v) is 3.14. The molecule has 0 unspecified atom stereocenters. The number of rotatable bonds is 6. The quantitative estimate of drug-likeness (QED) is 0.737. The number of hydrogen-bond donors (Lipinski definition) is 0. The van der Waals surface area contributed by atoms with Gasteiger partial charge in [-0.3, -0.25) is 4.68 Å². The summed E-state index contributed by atoms with van der Waals surface area (Å²) in [5.74, 6) is 0.441. The zero-order chi connectivity index (χ0) is 12.1. The summed E-state index contributed by atoms with van der Waals surface area (Å²) in [6.45, 7) is 3.86. The Morgan fingerprint density at radius 3 is 2.56 bits per heavy atom. The second kappa shape index (κ2) is 6.48. The van der Waals surface area contributed by atoms with Crippen LogP contribution in [0.15, 0.2) is 0 Å². The number of aromatic nitrogens is 2. The number of nitrogens with zero attached hydrogens (tertiary/aromatic N) is 3. The van der Waals surface area contributed by atoms with Crippen molar-refractivity contribution >= 4 is 23.2 Å². The molecule has 16 heavy (non-hydrogen) atoms. The van der Waals surface area contributed by atoms with E-state index in [1.54, 1.807) is 0 Å². The third kappa shape index (κ3) is 3.37. The minimum absolute atomic E-state index is 0.441. The number of likely N-dealkylation sites (N-methyl/N-ethyl adjacent to an activating group) is 1. The Balaban J connectivity index is 2.84. The molecular formula is C11H19Cl2N3. The van der Waals surface area contributed by atoms with Gasteiger partial charge in [0.25, 0.3) is 0 Å². The average molecular weight is 264 g/mol. The second-order valence-electron chi connectivity index (χ2n) is 4.13. The Labute approximate surface area is 107 Å². The van der Waals surface area contributed by atoms with Crippen molar-refractivity contribution in [2.75, 3.05) is 20.6 Å². The maximum absolute atomic E-state index is 6.25. The van der Waals surface area contributed by atoms with E-state index < -0.39 is 0 Å². The van der Waals surface area contributed by atoms with Gasteiger partial charge in [-0.1, -0.05) is 24.9 Å². The molecule has 0 atom stereocenters. The summed E-state index contributed by atoms with van der Waals surface area (Å²) in [5, 5.41) is 5.21.